The molecular formula is C25H36O5. The first-order valence-electron chi connectivity index (χ1n) is 11.3. The summed E-state index contributed by atoms with van der Waals surface area (Å²) >= 11 is 0. The monoisotopic (exact) mass is 416 g/mol. The number of fused-ring (bicyclic) bond motifs is 1. The van der Waals surface area contributed by atoms with Gasteiger partial charge in [-0.2, -0.15) is 0 Å². The maximum absolute atomic E-state index is 12.8. The van der Waals surface area contributed by atoms with Crippen LogP contribution in [0.5, 0.6) is 0 Å². The predicted octanol–water partition coefficient (Wildman–Crippen LogP) is 4.80. The predicted molar refractivity (Wildman–Crippen MR) is 114 cm³/mol. The van der Waals surface area contributed by atoms with Crippen molar-refractivity contribution < 1.29 is 23.9 Å². The summed E-state index contributed by atoms with van der Waals surface area (Å²) in [5, 5.41) is 0. The fraction of sp³-hybridized carbons (Fsp3) is 0.720. The van der Waals surface area contributed by atoms with E-state index >= 15 is 0 Å². The molecule has 0 bridgehead atoms. The third-order valence-electron chi connectivity index (χ3n) is 8.74. The maximum Gasteiger partial charge on any atom is 0.333 e. The van der Waals surface area contributed by atoms with E-state index in [-0.39, 0.29) is 41.1 Å². The largest absolute Gasteiger partial charge is 0.458 e. The van der Waals surface area contributed by atoms with Crippen molar-refractivity contribution in [3.8, 4) is 0 Å². The van der Waals surface area contributed by atoms with Crippen molar-refractivity contribution in [2.24, 2.45) is 28.6 Å². The zero-order valence-electron chi connectivity index (χ0n) is 19.2. The van der Waals surface area contributed by atoms with Crippen molar-refractivity contribution in [3.05, 3.63) is 23.3 Å². The Morgan fingerprint density at radius 2 is 2.00 bits per heavy atom. The Balaban J connectivity index is 1.91. The molecule has 1 heterocycles. The second kappa shape index (κ2) is 8.32. The normalized spacial score (nSPS) is 39.3. The van der Waals surface area contributed by atoms with E-state index in [1.165, 1.54) is 0 Å². The van der Waals surface area contributed by atoms with Gasteiger partial charge in [-0.1, -0.05) is 33.8 Å². The van der Waals surface area contributed by atoms with Crippen LogP contribution in [0, 0.1) is 28.6 Å². The van der Waals surface area contributed by atoms with Crippen LogP contribution in [0.25, 0.3) is 0 Å². The first-order valence-corrected chi connectivity index (χ1v) is 11.3. The lowest BCUT2D eigenvalue weighted by molar-refractivity contribution is -0.199. The van der Waals surface area contributed by atoms with Crippen LogP contribution in [0.15, 0.2) is 23.3 Å². The van der Waals surface area contributed by atoms with Gasteiger partial charge in [0.1, 0.15) is 18.5 Å². The molecule has 0 amide bonds. The fourth-order valence-corrected chi connectivity index (χ4v) is 6.12. The molecule has 30 heavy (non-hydrogen) atoms. The molecule has 0 aromatic carbocycles. The van der Waals surface area contributed by atoms with E-state index in [1.54, 1.807) is 19.1 Å². The van der Waals surface area contributed by atoms with Gasteiger partial charge in [0.2, 0.25) is 0 Å². The molecule has 0 spiro atoms. The standard InChI is InChI=1S/C25H36O5/c1-7-15(2)23(28)30-21-12-16(3)24(5,11-10-18-13-22(27)29-14-18)20-9-8-19(26)17(4)25(20,21)6/h7,13,16-17,20-21H,8-12,14H2,1-6H3/b15-7+/t16-,17+,20+,21-,24-,25+/m1/s1. The molecule has 0 aromatic heterocycles. The van der Waals surface area contributed by atoms with Gasteiger partial charge in [-0.3, -0.25) is 4.79 Å². The highest BCUT2D eigenvalue weighted by Gasteiger charge is 2.62. The smallest absolute Gasteiger partial charge is 0.333 e. The molecule has 6 atom stereocenters. The molecule has 5 nitrogen and oxygen atoms in total. The Hall–Kier alpha value is -1.91. The molecule has 3 rings (SSSR count). The molecule has 0 unspecified atom stereocenters. The van der Waals surface area contributed by atoms with E-state index < -0.39 is 5.41 Å². The highest BCUT2D eigenvalue weighted by Crippen LogP contribution is 2.63. The van der Waals surface area contributed by atoms with Crippen LogP contribution in [0.1, 0.15) is 73.6 Å². The average molecular weight is 417 g/mol. The minimum Gasteiger partial charge on any atom is -0.458 e. The van der Waals surface area contributed by atoms with E-state index in [1.807, 2.05) is 13.8 Å². The molecule has 2 saturated carbocycles. The summed E-state index contributed by atoms with van der Waals surface area (Å²) in [5.74, 6) is 0.187. The average Bonchev–Trinajstić information content (AvgIpc) is 3.13. The Labute approximate surface area is 180 Å². The van der Waals surface area contributed by atoms with Crippen molar-refractivity contribution in [1.82, 2.24) is 0 Å². The van der Waals surface area contributed by atoms with E-state index in [9.17, 15) is 14.4 Å². The first-order chi connectivity index (χ1) is 14.0. The second-order valence-electron chi connectivity index (χ2n) is 10.1. The summed E-state index contributed by atoms with van der Waals surface area (Å²) in [5.41, 5.74) is 1.25. The summed E-state index contributed by atoms with van der Waals surface area (Å²) in [6, 6.07) is 0. The third kappa shape index (κ3) is 3.76. The van der Waals surface area contributed by atoms with Gasteiger partial charge in [0, 0.05) is 29.4 Å². The van der Waals surface area contributed by atoms with Crippen LogP contribution in [-0.4, -0.2) is 30.4 Å². The van der Waals surface area contributed by atoms with Crippen LogP contribution in [0.4, 0.5) is 0 Å². The number of hydrogen-bond donors (Lipinski definition) is 0. The van der Waals surface area contributed by atoms with Crippen molar-refractivity contribution in [1.29, 1.82) is 0 Å². The summed E-state index contributed by atoms with van der Waals surface area (Å²) in [7, 11) is 0. The minimum atomic E-state index is -0.392. The number of carbonyl (C=O) groups is 3. The van der Waals surface area contributed by atoms with E-state index in [2.05, 4.69) is 20.8 Å². The Kier molecular flexibility index (Phi) is 6.31. The third-order valence-corrected chi connectivity index (χ3v) is 8.74. The van der Waals surface area contributed by atoms with E-state index in [0.717, 1.165) is 31.3 Å². The molecular weight excluding hydrogens is 380 g/mol. The van der Waals surface area contributed by atoms with Gasteiger partial charge in [0.05, 0.1) is 0 Å². The van der Waals surface area contributed by atoms with Crippen LogP contribution in [0.2, 0.25) is 0 Å². The van der Waals surface area contributed by atoms with Crippen molar-refractivity contribution in [2.75, 3.05) is 6.61 Å². The quantitative estimate of drug-likeness (QED) is 0.476. The molecule has 0 N–H and O–H groups in total. The topological polar surface area (TPSA) is 69.7 Å². The Bertz CT molecular complexity index is 793. The summed E-state index contributed by atoms with van der Waals surface area (Å²) in [6.45, 7) is 12.7. The molecule has 0 aromatic rings. The van der Waals surface area contributed by atoms with Crippen molar-refractivity contribution in [2.45, 2.75) is 79.8 Å². The number of hydrogen-bond acceptors (Lipinski definition) is 5. The molecule has 3 aliphatic rings. The SMILES string of the molecule is C/C=C(\C)C(=O)O[C@@H]1C[C@@H](C)[C@@](C)(CCC2=CC(=O)OC2)[C@@H]2CCC(=O)[C@H](C)[C@]12C. The number of allylic oxidation sites excluding steroid dienone is 1. The summed E-state index contributed by atoms with van der Waals surface area (Å²) < 4.78 is 11.1. The number of ether oxygens (including phenoxy) is 2. The summed E-state index contributed by atoms with van der Waals surface area (Å²) in [6.07, 6.45) is 7.03. The number of Topliss-reactive ketones (excluding diaryl/α,β-unsaturated/α-hetero) is 1. The Morgan fingerprint density at radius 1 is 1.30 bits per heavy atom. The fourth-order valence-electron chi connectivity index (χ4n) is 6.12. The van der Waals surface area contributed by atoms with Crippen molar-refractivity contribution in [3.63, 3.8) is 0 Å². The highest BCUT2D eigenvalue weighted by atomic mass is 16.5. The van der Waals surface area contributed by atoms with E-state index in [4.69, 9.17) is 9.47 Å². The molecule has 2 fully saturated rings. The molecule has 166 valence electrons. The van der Waals surface area contributed by atoms with Gasteiger partial charge in [-0.15, -0.1) is 0 Å². The van der Waals surface area contributed by atoms with E-state index in [0.29, 0.717) is 24.5 Å². The number of cyclic esters (lactones) is 1. The number of carbonyl (C=O) groups excluding carboxylic acids is 3. The van der Waals surface area contributed by atoms with Gasteiger partial charge in [0.15, 0.2) is 0 Å². The first kappa shape index (κ1) is 22.8. The van der Waals surface area contributed by atoms with Gasteiger partial charge in [-0.05, 0) is 62.4 Å². The number of rotatable bonds is 5. The molecule has 0 saturated heterocycles. The lowest BCUT2D eigenvalue weighted by Crippen LogP contribution is -2.61. The van der Waals surface area contributed by atoms with Gasteiger partial charge in [-0.25, -0.2) is 9.59 Å². The maximum atomic E-state index is 12.8. The zero-order chi connectivity index (χ0) is 22.3. The molecule has 1 aliphatic heterocycles. The Morgan fingerprint density at radius 3 is 2.60 bits per heavy atom. The molecule has 0 radical (unpaired) electrons. The summed E-state index contributed by atoms with van der Waals surface area (Å²) in [4.78, 5) is 36.8. The minimum absolute atomic E-state index is 0.00522. The van der Waals surface area contributed by atoms with Crippen LogP contribution < -0.4 is 0 Å². The van der Waals surface area contributed by atoms with Crippen molar-refractivity contribution >= 4 is 17.7 Å². The zero-order valence-corrected chi connectivity index (χ0v) is 19.2. The van der Waals surface area contributed by atoms with Crippen LogP contribution in [-0.2, 0) is 23.9 Å². The second-order valence-corrected chi connectivity index (χ2v) is 10.1. The van der Waals surface area contributed by atoms with Gasteiger partial charge < -0.3 is 9.47 Å². The number of esters is 2. The lowest BCUT2D eigenvalue weighted by atomic mass is 9.43. The molecule has 2 aliphatic carbocycles. The van der Waals surface area contributed by atoms with Crippen LogP contribution in [0.3, 0.4) is 0 Å². The lowest BCUT2D eigenvalue weighted by Gasteiger charge is -2.62. The van der Waals surface area contributed by atoms with Crippen LogP contribution >= 0.6 is 0 Å². The van der Waals surface area contributed by atoms with Gasteiger partial charge in [0.25, 0.3) is 0 Å². The molecule has 5 heteroatoms. The highest BCUT2D eigenvalue weighted by molar-refractivity contribution is 5.88. The van der Waals surface area contributed by atoms with Gasteiger partial charge >= 0.3 is 11.9 Å². The number of ketones is 1.